The Morgan fingerprint density at radius 3 is 1.78 bits per heavy atom. The maximum atomic E-state index is 9.08. The second kappa shape index (κ2) is 3.85. The van der Waals surface area contributed by atoms with Crippen LogP contribution in [0.2, 0.25) is 0 Å². The Kier molecular flexibility index (Phi) is 3.82. The van der Waals surface area contributed by atoms with Crippen molar-refractivity contribution in [1.29, 1.82) is 0 Å². The van der Waals surface area contributed by atoms with Crippen molar-refractivity contribution < 1.29 is 5.11 Å². The van der Waals surface area contributed by atoms with Crippen molar-refractivity contribution in [2.45, 2.75) is 32.9 Å². The number of rotatable bonds is 3. The lowest BCUT2D eigenvalue weighted by atomic mass is 9.99. The van der Waals surface area contributed by atoms with E-state index in [4.69, 9.17) is 5.11 Å². The van der Waals surface area contributed by atoms with Gasteiger partial charge in [-0.3, -0.25) is 0 Å². The average molecular weight is 131 g/mol. The van der Waals surface area contributed by atoms with Gasteiger partial charge in [-0.15, -0.1) is 0 Å². The number of hydrogen-bond donors (Lipinski definition) is 2. The Balaban J connectivity index is 3.58. The summed E-state index contributed by atoms with van der Waals surface area (Å²) < 4.78 is 0. The van der Waals surface area contributed by atoms with Gasteiger partial charge in [0.2, 0.25) is 0 Å². The summed E-state index contributed by atoms with van der Waals surface area (Å²) in [4.78, 5) is 0. The molecular formula is C7H17NO. The fourth-order valence-corrected chi connectivity index (χ4v) is 0.681. The third-order valence-electron chi connectivity index (χ3n) is 2.00. The highest BCUT2D eigenvalue weighted by molar-refractivity contribution is 4.69. The van der Waals surface area contributed by atoms with Gasteiger partial charge < -0.3 is 10.4 Å². The molecule has 0 rings (SSSR count). The zero-order valence-electron chi connectivity index (χ0n) is 6.68. The Morgan fingerprint density at radius 2 is 1.67 bits per heavy atom. The van der Waals surface area contributed by atoms with Crippen LogP contribution in [0.25, 0.3) is 0 Å². The highest BCUT2D eigenvalue weighted by Crippen LogP contribution is 2.06. The third-order valence-corrected chi connectivity index (χ3v) is 2.00. The molecule has 0 aliphatic carbocycles. The summed E-state index contributed by atoms with van der Waals surface area (Å²) in [6, 6.07) is 0.394. The minimum Gasteiger partial charge on any atom is -0.393 e. The Hall–Kier alpha value is -0.0800. The van der Waals surface area contributed by atoms with Crippen LogP contribution in [0, 0.1) is 5.92 Å². The van der Waals surface area contributed by atoms with Crippen molar-refractivity contribution in [3.63, 3.8) is 0 Å². The molecule has 0 aromatic rings. The standard InChI is InChI=1S/C7H17NO/c1-5(7(3)9)6(2)8-4/h5-9H,1-4H3. The summed E-state index contributed by atoms with van der Waals surface area (Å²) in [6.07, 6.45) is -0.215. The maximum absolute atomic E-state index is 9.08. The zero-order chi connectivity index (χ0) is 7.44. The van der Waals surface area contributed by atoms with Gasteiger partial charge in [-0.05, 0) is 26.8 Å². The minimum absolute atomic E-state index is 0.215. The number of nitrogens with one attached hydrogen (secondary N) is 1. The smallest absolute Gasteiger partial charge is 0.0552 e. The van der Waals surface area contributed by atoms with Crippen molar-refractivity contribution in [3.8, 4) is 0 Å². The summed E-state index contributed by atoms with van der Waals surface area (Å²) in [5.41, 5.74) is 0. The highest BCUT2D eigenvalue weighted by atomic mass is 16.3. The zero-order valence-corrected chi connectivity index (χ0v) is 6.68. The molecule has 0 aromatic heterocycles. The van der Waals surface area contributed by atoms with E-state index in [9.17, 15) is 0 Å². The lowest BCUT2D eigenvalue weighted by molar-refractivity contribution is 0.116. The molecule has 2 heteroatoms. The van der Waals surface area contributed by atoms with E-state index in [1.807, 2.05) is 20.9 Å². The van der Waals surface area contributed by atoms with Crippen molar-refractivity contribution in [2.24, 2.45) is 5.92 Å². The third kappa shape index (κ3) is 2.82. The van der Waals surface area contributed by atoms with Gasteiger partial charge in [0.05, 0.1) is 6.10 Å². The van der Waals surface area contributed by atoms with Crippen LogP contribution in [0.5, 0.6) is 0 Å². The molecule has 0 heterocycles. The predicted octanol–water partition coefficient (Wildman–Crippen LogP) is 0.611. The number of aliphatic hydroxyl groups excluding tert-OH is 1. The lowest BCUT2D eigenvalue weighted by Crippen LogP contribution is -2.34. The van der Waals surface area contributed by atoms with Crippen LogP contribution in [-0.2, 0) is 0 Å². The van der Waals surface area contributed by atoms with Crippen LogP contribution in [-0.4, -0.2) is 24.3 Å². The van der Waals surface area contributed by atoms with E-state index in [2.05, 4.69) is 12.2 Å². The van der Waals surface area contributed by atoms with Gasteiger partial charge in [0.1, 0.15) is 0 Å². The van der Waals surface area contributed by atoms with Crippen LogP contribution in [0.1, 0.15) is 20.8 Å². The van der Waals surface area contributed by atoms with Gasteiger partial charge in [0, 0.05) is 6.04 Å². The summed E-state index contributed by atoms with van der Waals surface area (Å²) in [6.45, 7) is 5.92. The van der Waals surface area contributed by atoms with Gasteiger partial charge >= 0.3 is 0 Å². The minimum atomic E-state index is -0.215. The first-order chi connectivity index (χ1) is 4.09. The van der Waals surface area contributed by atoms with Gasteiger partial charge in [0.25, 0.3) is 0 Å². The van der Waals surface area contributed by atoms with E-state index in [0.29, 0.717) is 12.0 Å². The number of hydrogen-bond acceptors (Lipinski definition) is 2. The van der Waals surface area contributed by atoms with Gasteiger partial charge in [-0.25, -0.2) is 0 Å². The normalized spacial score (nSPS) is 21.0. The fraction of sp³-hybridized carbons (Fsp3) is 1.00. The second-order valence-corrected chi connectivity index (χ2v) is 2.68. The van der Waals surface area contributed by atoms with E-state index in [0.717, 1.165) is 0 Å². The molecule has 3 atom stereocenters. The molecule has 0 radical (unpaired) electrons. The first kappa shape index (κ1) is 8.92. The molecule has 2 nitrogen and oxygen atoms in total. The Morgan fingerprint density at radius 1 is 1.22 bits per heavy atom. The molecule has 0 aliphatic rings. The van der Waals surface area contributed by atoms with Crippen LogP contribution < -0.4 is 5.32 Å². The molecule has 0 aliphatic heterocycles. The highest BCUT2D eigenvalue weighted by Gasteiger charge is 2.14. The van der Waals surface area contributed by atoms with Crippen LogP contribution in [0.15, 0.2) is 0 Å². The summed E-state index contributed by atoms with van der Waals surface area (Å²) in [5.74, 6) is 0.329. The van der Waals surface area contributed by atoms with E-state index in [-0.39, 0.29) is 6.10 Å². The van der Waals surface area contributed by atoms with Gasteiger partial charge in [-0.1, -0.05) is 6.92 Å². The quantitative estimate of drug-likeness (QED) is 0.588. The molecule has 0 amide bonds. The van der Waals surface area contributed by atoms with Crippen LogP contribution in [0.3, 0.4) is 0 Å². The fourth-order valence-electron chi connectivity index (χ4n) is 0.681. The van der Waals surface area contributed by atoms with E-state index in [1.165, 1.54) is 0 Å². The summed E-state index contributed by atoms with van der Waals surface area (Å²) >= 11 is 0. The lowest BCUT2D eigenvalue weighted by Gasteiger charge is -2.21. The first-order valence-electron chi connectivity index (χ1n) is 3.45. The molecule has 0 saturated heterocycles. The average Bonchev–Trinajstić information content (AvgIpc) is 1.84. The van der Waals surface area contributed by atoms with Crippen LogP contribution in [0.4, 0.5) is 0 Å². The molecule has 0 saturated carbocycles. The molecule has 56 valence electrons. The number of aliphatic hydroxyl groups is 1. The summed E-state index contributed by atoms with van der Waals surface area (Å²) in [7, 11) is 1.91. The van der Waals surface area contributed by atoms with E-state index >= 15 is 0 Å². The predicted molar refractivity (Wildman–Crippen MR) is 39.4 cm³/mol. The van der Waals surface area contributed by atoms with Gasteiger partial charge in [-0.2, -0.15) is 0 Å². The SMILES string of the molecule is CNC(C)C(C)C(C)O. The van der Waals surface area contributed by atoms with E-state index < -0.39 is 0 Å². The van der Waals surface area contributed by atoms with E-state index in [1.54, 1.807) is 0 Å². The summed E-state index contributed by atoms with van der Waals surface area (Å²) in [5, 5.41) is 12.2. The van der Waals surface area contributed by atoms with Gasteiger partial charge in [0.15, 0.2) is 0 Å². The monoisotopic (exact) mass is 131 g/mol. The molecule has 3 unspecified atom stereocenters. The van der Waals surface area contributed by atoms with Crippen LogP contribution >= 0.6 is 0 Å². The largest absolute Gasteiger partial charge is 0.393 e. The molecule has 0 bridgehead atoms. The Bertz CT molecular complexity index is 73.3. The molecule has 0 spiro atoms. The molecule has 0 aromatic carbocycles. The molecule has 0 fully saturated rings. The van der Waals surface area contributed by atoms with Crippen molar-refractivity contribution in [1.82, 2.24) is 5.32 Å². The molecule has 2 N–H and O–H groups in total. The second-order valence-electron chi connectivity index (χ2n) is 2.68. The molecular weight excluding hydrogens is 114 g/mol. The van der Waals surface area contributed by atoms with Crippen molar-refractivity contribution in [3.05, 3.63) is 0 Å². The topological polar surface area (TPSA) is 32.3 Å². The maximum Gasteiger partial charge on any atom is 0.0552 e. The van der Waals surface area contributed by atoms with Crippen molar-refractivity contribution >= 4 is 0 Å². The first-order valence-corrected chi connectivity index (χ1v) is 3.45. The molecule has 9 heavy (non-hydrogen) atoms. The Labute approximate surface area is 57.3 Å². The van der Waals surface area contributed by atoms with Crippen molar-refractivity contribution in [2.75, 3.05) is 7.05 Å².